The first kappa shape index (κ1) is 15.7. The molecule has 0 atom stereocenters. The molecule has 1 aromatic carbocycles. The molecule has 0 fully saturated rings. The highest BCUT2D eigenvalue weighted by molar-refractivity contribution is 5.89. The summed E-state index contributed by atoms with van der Waals surface area (Å²) in [6, 6.07) is 7.37. The molecule has 0 aliphatic heterocycles. The highest BCUT2D eigenvalue weighted by Gasteiger charge is 2.09. The van der Waals surface area contributed by atoms with Crippen LogP contribution in [-0.4, -0.2) is 31.8 Å². The largest absolute Gasteiger partial charge is 0.459 e. The van der Waals surface area contributed by atoms with Crippen LogP contribution in [0, 0.1) is 0 Å². The number of benzene rings is 1. The van der Waals surface area contributed by atoms with Gasteiger partial charge >= 0.3 is 5.97 Å². The number of esters is 1. The summed E-state index contributed by atoms with van der Waals surface area (Å²) in [7, 11) is 0. The van der Waals surface area contributed by atoms with Crippen molar-refractivity contribution in [3.05, 3.63) is 35.4 Å². The number of rotatable bonds is 8. The predicted molar refractivity (Wildman–Crippen MR) is 75.2 cm³/mol. The van der Waals surface area contributed by atoms with E-state index < -0.39 is 0 Å². The molecule has 0 radical (unpaired) electrons. The van der Waals surface area contributed by atoms with Crippen LogP contribution in [-0.2, 0) is 16.1 Å². The molecule has 19 heavy (non-hydrogen) atoms. The monoisotopic (exact) mass is 265 g/mol. The zero-order chi connectivity index (χ0) is 14.1. The van der Waals surface area contributed by atoms with Crippen LogP contribution < -0.4 is 5.32 Å². The molecule has 0 spiro atoms. The van der Waals surface area contributed by atoms with Gasteiger partial charge in [-0.1, -0.05) is 19.1 Å². The molecule has 0 aliphatic carbocycles. The van der Waals surface area contributed by atoms with Crippen LogP contribution in [0.3, 0.4) is 0 Å². The number of ether oxygens (including phenoxy) is 2. The van der Waals surface area contributed by atoms with Gasteiger partial charge in [0.15, 0.2) is 0 Å². The van der Waals surface area contributed by atoms with Crippen LogP contribution >= 0.6 is 0 Å². The summed E-state index contributed by atoms with van der Waals surface area (Å²) in [6.07, 6.45) is -0.104. The van der Waals surface area contributed by atoms with Crippen molar-refractivity contribution < 1.29 is 14.3 Å². The Balaban J connectivity index is 2.45. The first-order chi connectivity index (χ1) is 9.13. The summed E-state index contributed by atoms with van der Waals surface area (Å²) in [5.41, 5.74) is 1.55. The fraction of sp³-hybridized carbons (Fsp3) is 0.533. The van der Waals surface area contributed by atoms with Gasteiger partial charge < -0.3 is 14.8 Å². The SMILES string of the molecule is CCNCCOCc1cccc(C(=O)OC(C)C)c1. The van der Waals surface area contributed by atoms with Gasteiger partial charge in [0.2, 0.25) is 0 Å². The topological polar surface area (TPSA) is 47.6 Å². The second-order valence-corrected chi connectivity index (χ2v) is 4.56. The lowest BCUT2D eigenvalue weighted by atomic mass is 10.1. The number of carbonyl (C=O) groups excluding carboxylic acids is 1. The van der Waals surface area contributed by atoms with E-state index in [9.17, 15) is 4.79 Å². The summed E-state index contributed by atoms with van der Waals surface area (Å²) >= 11 is 0. The van der Waals surface area contributed by atoms with E-state index in [2.05, 4.69) is 12.2 Å². The third kappa shape index (κ3) is 6.36. The molecule has 0 saturated carbocycles. The smallest absolute Gasteiger partial charge is 0.338 e. The van der Waals surface area contributed by atoms with Crippen molar-refractivity contribution in [3.63, 3.8) is 0 Å². The van der Waals surface area contributed by atoms with Crippen LogP contribution in [0.1, 0.15) is 36.7 Å². The van der Waals surface area contributed by atoms with E-state index in [1.165, 1.54) is 0 Å². The minimum Gasteiger partial charge on any atom is -0.459 e. The maximum Gasteiger partial charge on any atom is 0.338 e. The Morgan fingerprint density at radius 2 is 2.16 bits per heavy atom. The molecule has 1 aromatic rings. The molecule has 1 rings (SSSR count). The molecule has 1 N–H and O–H groups in total. The molecule has 0 saturated heterocycles. The molecular weight excluding hydrogens is 242 g/mol. The molecular formula is C15H23NO3. The van der Waals surface area contributed by atoms with Gasteiger partial charge in [0.25, 0.3) is 0 Å². The van der Waals surface area contributed by atoms with Gasteiger partial charge in [0.05, 0.1) is 24.9 Å². The van der Waals surface area contributed by atoms with Crippen LogP contribution in [0.2, 0.25) is 0 Å². The Morgan fingerprint density at radius 3 is 2.84 bits per heavy atom. The standard InChI is InChI=1S/C15H23NO3/c1-4-16-8-9-18-11-13-6-5-7-14(10-13)15(17)19-12(2)3/h5-7,10,12,16H,4,8-9,11H2,1-3H3. The van der Waals surface area contributed by atoms with Crippen molar-refractivity contribution in [2.75, 3.05) is 19.7 Å². The second kappa shape index (κ2) is 8.67. The normalized spacial score (nSPS) is 10.7. The zero-order valence-electron chi connectivity index (χ0n) is 11.9. The Hall–Kier alpha value is -1.39. The lowest BCUT2D eigenvalue weighted by Gasteiger charge is -2.09. The number of carbonyl (C=O) groups is 1. The van der Waals surface area contributed by atoms with Crippen molar-refractivity contribution >= 4 is 5.97 Å². The summed E-state index contributed by atoms with van der Waals surface area (Å²) in [5, 5.41) is 3.19. The van der Waals surface area contributed by atoms with Crippen molar-refractivity contribution in [1.82, 2.24) is 5.32 Å². The number of nitrogens with one attached hydrogen (secondary N) is 1. The fourth-order valence-electron chi connectivity index (χ4n) is 1.58. The lowest BCUT2D eigenvalue weighted by molar-refractivity contribution is 0.0377. The maximum absolute atomic E-state index is 11.7. The van der Waals surface area contributed by atoms with Gasteiger partial charge in [-0.3, -0.25) is 0 Å². The van der Waals surface area contributed by atoms with Crippen molar-refractivity contribution in [2.24, 2.45) is 0 Å². The zero-order valence-corrected chi connectivity index (χ0v) is 11.9. The predicted octanol–water partition coefficient (Wildman–Crippen LogP) is 2.38. The molecule has 0 amide bonds. The van der Waals surface area contributed by atoms with Crippen LogP contribution in [0.5, 0.6) is 0 Å². The Labute approximate surface area is 115 Å². The van der Waals surface area contributed by atoms with E-state index in [1.54, 1.807) is 6.07 Å². The summed E-state index contributed by atoms with van der Waals surface area (Å²) in [4.78, 5) is 11.7. The third-order valence-electron chi connectivity index (χ3n) is 2.45. The highest BCUT2D eigenvalue weighted by Crippen LogP contribution is 2.09. The minimum absolute atomic E-state index is 0.104. The summed E-state index contributed by atoms with van der Waals surface area (Å²) in [6.45, 7) is 8.69. The van der Waals surface area contributed by atoms with Gasteiger partial charge in [0, 0.05) is 6.54 Å². The highest BCUT2D eigenvalue weighted by atomic mass is 16.5. The molecule has 4 nitrogen and oxygen atoms in total. The van der Waals surface area contributed by atoms with E-state index in [0.29, 0.717) is 18.8 Å². The molecule has 4 heteroatoms. The molecule has 0 unspecified atom stereocenters. The molecule has 0 bridgehead atoms. The van der Waals surface area contributed by atoms with E-state index in [4.69, 9.17) is 9.47 Å². The van der Waals surface area contributed by atoms with Gasteiger partial charge in [-0.2, -0.15) is 0 Å². The summed E-state index contributed by atoms with van der Waals surface area (Å²) < 4.78 is 10.7. The number of likely N-dealkylation sites (N-methyl/N-ethyl adjacent to an activating group) is 1. The third-order valence-corrected chi connectivity index (χ3v) is 2.45. The Kier molecular flexibility index (Phi) is 7.15. The second-order valence-electron chi connectivity index (χ2n) is 4.56. The number of hydrogen-bond donors (Lipinski definition) is 1. The average Bonchev–Trinajstić information content (AvgIpc) is 2.38. The molecule has 106 valence electrons. The van der Waals surface area contributed by atoms with Crippen LogP contribution in [0.4, 0.5) is 0 Å². The van der Waals surface area contributed by atoms with E-state index in [0.717, 1.165) is 18.7 Å². The maximum atomic E-state index is 11.7. The number of hydrogen-bond acceptors (Lipinski definition) is 4. The Bertz CT molecular complexity index is 391. The van der Waals surface area contributed by atoms with E-state index >= 15 is 0 Å². The molecule has 0 heterocycles. The molecule has 0 aliphatic rings. The van der Waals surface area contributed by atoms with Gasteiger partial charge in [-0.25, -0.2) is 4.79 Å². The summed E-state index contributed by atoms with van der Waals surface area (Å²) in [5.74, 6) is -0.288. The van der Waals surface area contributed by atoms with E-state index in [-0.39, 0.29) is 12.1 Å². The van der Waals surface area contributed by atoms with Gasteiger partial charge in [0.1, 0.15) is 0 Å². The quantitative estimate of drug-likeness (QED) is 0.579. The van der Waals surface area contributed by atoms with Crippen molar-refractivity contribution in [3.8, 4) is 0 Å². The first-order valence-corrected chi connectivity index (χ1v) is 6.72. The van der Waals surface area contributed by atoms with Crippen LogP contribution in [0.15, 0.2) is 24.3 Å². The molecule has 0 aromatic heterocycles. The fourth-order valence-corrected chi connectivity index (χ4v) is 1.58. The van der Waals surface area contributed by atoms with Crippen molar-refractivity contribution in [1.29, 1.82) is 0 Å². The van der Waals surface area contributed by atoms with Gasteiger partial charge in [-0.15, -0.1) is 0 Å². The van der Waals surface area contributed by atoms with Crippen molar-refractivity contribution in [2.45, 2.75) is 33.5 Å². The average molecular weight is 265 g/mol. The Morgan fingerprint density at radius 1 is 1.37 bits per heavy atom. The van der Waals surface area contributed by atoms with Crippen LogP contribution in [0.25, 0.3) is 0 Å². The van der Waals surface area contributed by atoms with E-state index in [1.807, 2.05) is 32.0 Å². The minimum atomic E-state index is -0.288. The lowest BCUT2D eigenvalue weighted by Crippen LogP contribution is -2.18. The van der Waals surface area contributed by atoms with Gasteiger partial charge in [-0.05, 0) is 38.1 Å². The first-order valence-electron chi connectivity index (χ1n) is 6.72.